The summed E-state index contributed by atoms with van der Waals surface area (Å²) in [5.41, 5.74) is 2.94. The van der Waals surface area contributed by atoms with Gasteiger partial charge in [0.25, 0.3) is 0 Å². The zero-order valence-electron chi connectivity index (χ0n) is 13.9. The molecule has 0 fully saturated rings. The van der Waals surface area contributed by atoms with E-state index in [-0.39, 0.29) is 5.91 Å². The van der Waals surface area contributed by atoms with Gasteiger partial charge in [0.05, 0.1) is 29.9 Å². The van der Waals surface area contributed by atoms with Gasteiger partial charge in [-0.2, -0.15) is 0 Å². The van der Waals surface area contributed by atoms with Crippen LogP contribution in [0.2, 0.25) is 0 Å². The van der Waals surface area contributed by atoms with Crippen molar-refractivity contribution in [3.8, 4) is 11.5 Å². The molecule has 1 amide bonds. The molecule has 0 atom stereocenters. The van der Waals surface area contributed by atoms with Gasteiger partial charge in [0.15, 0.2) is 16.6 Å². The topological polar surface area (TPSA) is 60.5 Å². The number of thiazole rings is 1. The van der Waals surface area contributed by atoms with Crippen molar-refractivity contribution in [3.63, 3.8) is 0 Å². The highest BCUT2D eigenvalue weighted by atomic mass is 32.1. The van der Waals surface area contributed by atoms with Gasteiger partial charge in [-0.1, -0.05) is 35.6 Å². The minimum absolute atomic E-state index is 0.0672. The average molecular weight is 354 g/mol. The lowest BCUT2D eigenvalue weighted by molar-refractivity contribution is -0.115. The van der Waals surface area contributed by atoms with Gasteiger partial charge in [0.2, 0.25) is 5.91 Å². The van der Waals surface area contributed by atoms with E-state index in [9.17, 15) is 4.79 Å². The van der Waals surface area contributed by atoms with E-state index < -0.39 is 0 Å². The van der Waals surface area contributed by atoms with E-state index in [1.165, 1.54) is 11.3 Å². The Labute approximate surface area is 149 Å². The highest BCUT2D eigenvalue weighted by Gasteiger charge is 2.15. The summed E-state index contributed by atoms with van der Waals surface area (Å²) >= 11 is 1.44. The number of benzene rings is 2. The molecule has 0 radical (unpaired) electrons. The third kappa shape index (κ3) is 3.44. The predicted molar refractivity (Wildman–Crippen MR) is 98.7 cm³/mol. The number of hydrogen-bond donors (Lipinski definition) is 1. The molecule has 0 unspecified atom stereocenters. The Morgan fingerprint density at radius 1 is 1.20 bits per heavy atom. The molecule has 1 aliphatic heterocycles. The van der Waals surface area contributed by atoms with Crippen molar-refractivity contribution in [2.75, 3.05) is 18.5 Å². The predicted octanol–water partition coefficient (Wildman–Crippen LogP) is 3.95. The van der Waals surface area contributed by atoms with E-state index in [0.29, 0.717) is 30.5 Å². The maximum Gasteiger partial charge on any atom is 0.230 e. The number of hydrogen-bond acceptors (Lipinski definition) is 5. The molecule has 3 aromatic rings. The highest BCUT2D eigenvalue weighted by Crippen LogP contribution is 2.37. The zero-order chi connectivity index (χ0) is 17.2. The van der Waals surface area contributed by atoms with E-state index >= 15 is 0 Å². The molecule has 5 nitrogen and oxygen atoms in total. The largest absolute Gasteiger partial charge is 0.490 e. The zero-order valence-corrected chi connectivity index (χ0v) is 14.7. The molecule has 2 aromatic carbocycles. The molecule has 25 heavy (non-hydrogen) atoms. The van der Waals surface area contributed by atoms with Gasteiger partial charge in [-0.3, -0.25) is 4.79 Å². The van der Waals surface area contributed by atoms with Crippen LogP contribution in [0.3, 0.4) is 0 Å². The number of anilines is 1. The van der Waals surface area contributed by atoms with Crippen molar-refractivity contribution in [1.82, 2.24) is 4.98 Å². The van der Waals surface area contributed by atoms with E-state index in [4.69, 9.17) is 9.47 Å². The molecule has 1 N–H and O–H groups in total. The monoisotopic (exact) mass is 354 g/mol. The lowest BCUT2D eigenvalue weighted by Crippen LogP contribution is -2.14. The fourth-order valence-electron chi connectivity index (χ4n) is 2.78. The summed E-state index contributed by atoms with van der Waals surface area (Å²) in [6.07, 6.45) is 1.21. The fraction of sp³-hybridized carbons (Fsp3) is 0.263. The molecular formula is C19H18N2O3S. The van der Waals surface area contributed by atoms with Crippen molar-refractivity contribution in [2.45, 2.75) is 19.8 Å². The standard InChI is InChI=1S/C19H18N2O3S/c1-12-5-2-3-6-13(12)9-18(22)21-19-20-14-10-15-16(11-17(14)25-19)24-8-4-7-23-15/h2-3,5-6,10-11H,4,7-9H2,1H3,(H,20,21,22). The molecule has 1 aromatic heterocycles. The summed E-state index contributed by atoms with van der Waals surface area (Å²) in [5, 5.41) is 3.49. The van der Waals surface area contributed by atoms with E-state index in [1.807, 2.05) is 43.3 Å². The van der Waals surface area contributed by atoms with E-state index in [2.05, 4.69) is 10.3 Å². The molecule has 4 rings (SSSR count). The van der Waals surface area contributed by atoms with Crippen LogP contribution in [0.25, 0.3) is 10.2 Å². The number of carbonyl (C=O) groups is 1. The summed E-state index contributed by atoms with van der Waals surface area (Å²) in [6.45, 7) is 3.30. The Kier molecular flexibility index (Phi) is 4.28. The molecule has 1 aliphatic rings. The molecule has 0 saturated carbocycles. The van der Waals surface area contributed by atoms with Gasteiger partial charge in [-0.05, 0) is 18.1 Å². The van der Waals surface area contributed by atoms with Crippen LogP contribution in [0.4, 0.5) is 5.13 Å². The van der Waals surface area contributed by atoms with Crippen LogP contribution in [0.5, 0.6) is 11.5 Å². The van der Waals surface area contributed by atoms with Gasteiger partial charge in [0, 0.05) is 18.6 Å². The second-order valence-electron chi connectivity index (χ2n) is 5.99. The third-order valence-corrected chi connectivity index (χ3v) is 5.05. The molecule has 2 heterocycles. The van der Waals surface area contributed by atoms with Gasteiger partial charge < -0.3 is 14.8 Å². The Hall–Kier alpha value is -2.60. The maximum atomic E-state index is 12.3. The van der Waals surface area contributed by atoms with Crippen LogP contribution in [0.1, 0.15) is 17.5 Å². The number of ether oxygens (including phenoxy) is 2. The van der Waals surface area contributed by atoms with Crippen LogP contribution in [0.15, 0.2) is 36.4 Å². The second-order valence-corrected chi connectivity index (χ2v) is 7.02. The number of aryl methyl sites for hydroxylation is 1. The van der Waals surface area contributed by atoms with Crippen LogP contribution in [0, 0.1) is 6.92 Å². The quantitative estimate of drug-likeness (QED) is 0.774. The number of nitrogens with zero attached hydrogens (tertiary/aromatic N) is 1. The van der Waals surface area contributed by atoms with Crippen molar-refractivity contribution in [1.29, 1.82) is 0 Å². The Balaban J connectivity index is 1.54. The summed E-state index contributed by atoms with van der Waals surface area (Å²) in [4.78, 5) is 16.8. The Morgan fingerprint density at radius 3 is 2.76 bits per heavy atom. The minimum atomic E-state index is -0.0672. The summed E-state index contributed by atoms with van der Waals surface area (Å²) in [6, 6.07) is 11.7. The molecule has 0 bridgehead atoms. The Morgan fingerprint density at radius 2 is 1.96 bits per heavy atom. The molecule has 0 aliphatic carbocycles. The van der Waals surface area contributed by atoms with E-state index in [1.54, 1.807) is 0 Å². The van der Waals surface area contributed by atoms with Crippen molar-refractivity contribution < 1.29 is 14.3 Å². The maximum absolute atomic E-state index is 12.3. The van der Waals surface area contributed by atoms with Crippen LogP contribution in [-0.2, 0) is 11.2 Å². The number of fused-ring (bicyclic) bond motifs is 2. The number of amides is 1. The normalized spacial score (nSPS) is 13.5. The number of nitrogens with one attached hydrogen (secondary N) is 1. The first-order chi connectivity index (χ1) is 12.2. The van der Waals surface area contributed by atoms with E-state index in [0.717, 1.165) is 33.5 Å². The smallest absolute Gasteiger partial charge is 0.230 e. The molecular weight excluding hydrogens is 336 g/mol. The number of aromatic nitrogens is 1. The minimum Gasteiger partial charge on any atom is -0.490 e. The first-order valence-electron chi connectivity index (χ1n) is 8.23. The lowest BCUT2D eigenvalue weighted by Gasteiger charge is -2.05. The summed E-state index contributed by atoms with van der Waals surface area (Å²) in [5.74, 6) is 1.39. The molecule has 0 saturated heterocycles. The van der Waals surface area contributed by atoms with Crippen LogP contribution < -0.4 is 14.8 Å². The van der Waals surface area contributed by atoms with Crippen molar-refractivity contribution in [3.05, 3.63) is 47.5 Å². The third-order valence-electron chi connectivity index (χ3n) is 4.12. The summed E-state index contributed by atoms with van der Waals surface area (Å²) < 4.78 is 12.4. The van der Waals surface area contributed by atoms with Gasteiger partial charge in [0.1, 0.15) is 0 Å². The number of rotatable bonds is 3. The first kappa shape index (κ1) is 15.9. The molecule has 0 spiro atoms. The van der Waals surface area contributed by atoms with Crippen molar-refractivity contribution in [2.24, 2.45) is 0 Å². The molecule has 128 valence electrons. The Bertz CT molecular complexity index is 893. The molecule has 6 heteroatoms. The number of carbonyl (C=O) groups excluding carboxylic acids is 1. The summed E-state index contributed by atoms with van der Waals surface area (Å²) in [7, 11) is 0. The lowest BCUT2D eigenvalue weighted by atomic mass is 10.1. The van der Waals surface area contributed by atoms with Gasteiger partial charge in [-0.25, -0.2) is 4.98 Å². The van der Waals surface area contributed by atoms with Crippen LogP contribution >= 0.6 is 11.3 Å². The van der Waals surface area contributed by atoms with Gasteiger partial charge >= 0.3 is 0 Å². The average Bonchev–Trinajstić information content (AvgIpc) is 2.82. The first-order valence-corrected chi connectivity index (χ1v) is 9.05. The van der Waals surface area contributed by atoms with Crippen molar-refractivity contribution >= 4 is 32.6 Å². The van der Waals surface area contributed by atoms with Gasteiger partial charge in [-0.15, -0.1) is 0 Å². The van der Waals surface area contributed by atoms with Crippen LogP contribution in [-0.4, -0.2) is 24.1 Å². The highest BCUT2D eigenvalue weighted by molar-refractivity contribution is 7.22. The fourth-order valence-corrected chi connectivity index (χ4v) is 3.68. The SMILES string of the molecule is Cc1ccccc1CC(=O)Nc1nc2cc3c(cc2s1)OCCCO3. The second kappa shape index (κ2) is 6.72.